The lowest BCUT2D eigenvalue weighted by Gasteiger charge is -2.29. The summed E-state index contributed by atoms with van der Waals surface area (Å²) >= 11 is 1.38. The second kappa shape index (κ2) is 5.21. The molecule has 1 saturated carbocycles. The first-order chi connectivity index (χ1) is 9.13. The molecule has 104 valence electrons. The van der Waals surface area contributed by atoms with Crippen molar-refractivity contribution in [3.63, 3.8) is 0 Å². The van der Waals surface area contributed by atoms with Crippen LogP contribution in [0.5, 0.6) is 0 Å². The van der Waals surface area contributed by atoms with Crippen LogP contribution in [0.1, 0.15) is 58.9 Å². The quantitative estimate of drug-likeness (QED) is 0.921. The number of rotatable bonds is 4. The van der Waals surface area contributed by atoms with Gasteiger partial charge in [0.25, 0.3) is 0 Å². The molecule has 5 heteroatoms. The van der Waals surface area contributed by atoms with Gasteiger partial charge in [-0.15, -0.1) is 11.3 Å². The highest BCUT2D eigenvalue weighted by atomic mass is 32.1. The third kappa shape index (κ3) is 2.98. The molecule has 0 bridgehead atoms. The molecule has 1 N–H and O–H groups in total. The fourth-order valence-electron chi connectivity index (χ4n) is 2.64. The summed E-state index contributed by atoms with van der Waals surface area (Å²) in [5.41, 5.74) is 0.845. The molecule has 0 unspecified atom stereocenters. The molecule has 0 spiro atoms. The summed E-state index contributed by atoms with van der Waals surface area (Å²) in [6.45, 7) is 5.35. The summed E-state index contributed by atoms with van der Waals surface area (Å²) in [6.07, 6.45) is 4.69. The lowest BCUT2D eigenvalue weighted by molar-refractivity contribution is 0.0700. The number of hydrogen-bond donors (Lipinski definition) is 1. The first-order valence-electron chi connectivity index (χ1n) is 7.08. The van der Waals surface area contributed by atoms with Gasteiger partial charge in [0.15, 0.2) is 0 Å². The van der Waals surface area contributed by atoms with Crippen molar-refractivity contribution in [2.45, 2.75) is 45.1 Å². The Morgan fingerprint density at radius 1 is 1.37 bits per heavy atom. The van der Waals surface area contributed by atoms with E-state index < -0.39 is 5.97 Å². The maximum absolute atomic E-state index is 11.3. The predicted molar refractivity (Wildman–Crippen MR) is 74.7 cm³/mol. The maximum Gasteiger partial charge on any atom is 0.347 e. The number of carbonyl (C=O) groups is 1. The summed E-state index contributed by atoms with van der Waals surface area (Å²) in [5.74, 6) is 0.430. The van der Waals surface area contributed by atoms with Crippen molar-refractivity contribution in [3.8, 4) is 0 Å². The van der Waals surface area contributed by atoms with Crippen LogP contribution in [0.2, 0.25) is 0 Å². The molecule has 0 radical (unpaired) electrons. The molecule has 2 heterocycles. The van der Waals surface area contributed by atoms with E-state index in [2.05, 4.69) is 16.8 Å². The van der Waals surface area contributed by atoms with Crippen LogP contribution in [0.15, 0.2) is 0 Å². The third-order valence-corrected chi connectivity index (χ3v) is 5.13. The average Bonchev–Trinajstić information content (AvgIpc) is 3.13. The lowest BCUT2D eigenvalue weighted by Crippen LogP contribution is -2.32. The highest BCUT2D eigenvalue weighted by Gasteiger charge is 2.32. The third-order valence-electron chi connectivity index (χ3n) is 4.09. The first kappa shape index (κ1) is 13.1. The van der Waals surface area contributed by atoms with Crippen LogP contribution in [0.25, 0.3) is 0 Å². The number of aromatic carboxylic acids is 1. The second-order valence-electron chi connectivity index (χ2n) is 5.86. The summed E-state index contributed by atoms with van der Waals surface area (Å²) in [6, 6.07) is 0. The lowest BCUT2D eigenvalue weighted by atomic mass is 9.99. The van der Waals surface area contributed by atoms with E-state index in [1.807, 2.05) is 0 Å². The van der Waals surface area contributed by atoms with Gasteiger partial charge >= 0.3 is 5.97 Å². The van der Waals surface area contributed by atoms with E-state index in [1.54, 1.807) is 0 Å². The Labute approximate surface area is 117 Å². The van der Waals surface area contributed by atoms with E-state index in [-0.39, 0.29) is 0 Å². The maximum atomic E-state index is 11.3. The van der Waals surface area contributed by atoms with Crippen molar-refractivity contribution in [1.82, 2.24) is 9.88 Å². The number of piperidine rings is 1. The number of hydrogen-bond acceptors (Lipinski definition) is 4. The molecule has 3 rings (SSSR count). The smallest absolute Gasteiger partial charge is 0.347 e. The standard InChI is InChI=1S/C14H20N2O2S/c1-9-4-6-16(7-5-9)8-11-15-12(10-2-3-10)13(19-11)14(17)18/h9-10H,2-8H2,1H3,(H,17,18). The highest BCUT2D eigenvalue weighted by Crippen LogP contribution is 2.42. The summed E-state index contributed by atoms with van der Waals surface area (Å²) in [4.78, 5) is 18.7. The van der Waals surface area contributed by atoms with Gasteiger partial charge in [-0.2, -0.15) is 0 Å². The number of likely N-dealkylation sites (tertiary alicyclic amines) is 1. The van der Waals surface area contributed by atoms with Crippen molar-refractivity contribution in [2.24, 2.45) is 5.92 Å². The Morgan fingerprint density at radius 2 is 2.05 bits per heavy atom. The molecule has 0 aromatic carbocycles. The zero-order valence-corrected chi connectivity index (χ0v) is 12.1. The summed E-state index contributed by atoms with van der Waals surface area (Å²) in [5, 5.41) is 10.2. The average molecular weight is 280 g/mol. The normalized spacial score (nSPS) is 21.7. The van der Waals surface area contributed by atoms with E-state index in [0.29, 0.717) is 10.8 Å². The first-order valence-corrected chi connectivity index (χ1v) is 7.90. The molecule has 1 aromatic heterocycles. The predicted octanol–water partition coefficient (Wildman–Crippen LogP) is 2.95. The molecule has 1 aliphatic carbocycles. The minimum Gasteiger partial charge on any atom is -0.477 e. The van der Waals surface area contributed by atoms with Crippen LogP contribution in [0.3, 0.4) is 0 Å². The van der Waals surface area contributed by atoms with Gasteiger partial charge in [-0.25, -0.2) is 9.78 Å². The number of carboxylic acid groups (broad SMARTS) is 1. The Kier molecular flexibility index (Phi) is 3.58. The zero-order valence-electron chi connectivity index (χ0n) is 11.3. The van der Waals surface area contributed by atoms with Crippen LogP contribution in [-0.2, 0) is 6.54 Å². The van der Waals surface area contributed by atoms with Gasteiger partial charge in [-0.3, -0.25) is 4.90 Å². The van der Waals surface area contributed by atoms with Gasteiger partial charge in [0.05, 0.1) is 12.2 Å². The summed E-state index contributed by atoms with van der Waals surface area (Å²) < 4.78 is 0. The van der Waals surface area contributed by atoms with Crippen LogP contribution >= 0.6 is 11.3 Å². The number of aromatic nitrogens is 1. The van der Waals surface area contributed by atoms with E-state index in [0.717, 1.165) is 49.1 Å². The molecule has 2 fully saturated rings. The molecule has 0 atom stereocenters. The fraction of sp³-hybridized carbons (Fsp3) is 0.714. The SMILES string of the molecule is CC1CCN(Cc2nc(C3CC3)c(C(=O)O)s2)CC1. The van der Waals surface area contributed by atoms with Crippen molar-refractivity contribution < 1.29 is 9.90 Å². The van der Waals surface area contributed by atoms with Crippen LogP contribution in [-0.4, -0.2) is 34.0 Å². The molecular weight excluding hydrogens is 260 g/mol. The van der Waals surface area contributed by atoms with Crippen molar-refractivity contribution >= 4 is 17.3 Å². The minimum absolute atomic E-state index is 0.414. The van der Waals surface area contributed by atoms with Gasteiger partial charge in [-0.1, -0.05) is 6.92 Å². The molecule has 19 heavy (non-hydrogen) atoms. The van der Waals surface area contributed by atoms with E-state index in [4.69, 9.17) is 0 Å². The van der Waals surface area contributed by atoms with Gasteiger partial charge in [0.2, 0.25) is 0 Å². The Bertz CT molecular complexity index is 474. The van der Waals surface area contributed by atoms with Crippen molar-refractivity contribution in [2.75, 3.05) is 13.1 Å². The number of carboxylic acids is 1. The molecular formula is C14H20N2O2S. The van der Waals surface area contributed by atoms with E-state index >= 15 is 0 Å². The molecule has 2 aliphatic rings. The Morgan fingerprint density at radius 3 is 2.63 bits per heavy atom. The molecule has 1 aliphatic heterocycles. The van der Waals surface area contributed by atoms with Crippen LogP contribution < -0.4 is 0 Å². The largest absolute Gasteiger partial charge is 0.477 e. The van der Waals surface area contributed by atoms with E-state index in [1.165, 1.54) is 24.2 Å². The number of thiazole rings is 1. The van der Waals surface area contributed by atoms with Gasteiger partial charge < -0.3 is 5.11 Å². The zero-order chi connectivity index (χ0) is 13.4. The topological polar surface area (TPSA) is 53.4 Å². The molecule has 4 nitrogen and oxygen atoms in total. The molecule has 1 aromatic rings. The molecule has 1 saturated heterocycles. The highest BCUT2D eigenvalue weighted by molar-refractivity contribution is 7.13. The fourth-order valence-corrected chi connectivity index (χ4v) is 3.67. The minimum atomic E-state index is -0.807. The van der Waals surface area contributed by atoms with Gasteiger partial charge in [-0.05, 0) is 44.7 Å². The number of nitrogens with zero attached hydrogens (tertiary/aromatic N) is 2. The van der Waals surface area contributed by atoms with E-state index in [9.17, 15) is 9.90 Å². The second-order valence-corrected chi connectivity index (χ2v) is 6.94. The Balaban J connectivity index is 1.70. The molecule has 0 amide bonds. The van der Waals surface area contributed by atoms with Crippen molar-refractivity contribution in [3.05, 3.63) is 15.6 Å². The van der Waals surface area contributed by atoms with Gasteiger partial charge in [0, 0.05) is 5.92 Å². The van der Waals surface area contributed by atoms with Gasteiger partial charge in [0.1, 0.15) is 9.88 Å². The van der Waals surface area contributed by atoms with Crippen molar-refractivity contribution in [1.29, 1.82) is 0 Å². The van der Waals surface area contributed by atoms with Crippen LogP contribution in [0, 0.1) is 5.92 Å². The Hall–Kier alpha value is -0.940. The van der Waals surface area contributed by atoms with Crippen LogP contribution in [0.4, 0.5) is 0 Å². The monoisotopic (exact) mass is 280 g/mol. The summed E-state index contributed by atoms with van der Waals surface area (Å²) in [7, 11) is 0.